The summed E-state index contributed by atoms with van der Waals surface area (Å²) in [5.41, 5.74) is 1.42. The predicted molar refractivity (Wildman–Crippen MR) is 93.7 cm³/mol. The van der Waals surface area contributed by atoms with Crippen molar-refractivity contribution in [2.45, 2.75) is 26.3 Å². The van der Waals surface area contributed by atoms with Crippen LogP contribution in [0.5, 0.6) is 0 Å². The third-order valence-electron chi connectivity index (χ3n) is 3.46. The number of hydrogen-bond acceptors (Lipinski definition) is 6. The van der Waals surface area contributed by atoms with Crippen molar-refractivity contribution in [3.05, 3.63) is 39.7 Å². The molecule has 1 aromatic rings. The van der Waals surface area contributed by atoms with Crippen molar-refractivity contribution in [1.82, 2.24) is 10.6 Å². The van der Waals surface area contributed by atoms with Crippen molar-refractivity contribution in [2.24, 2.45) is 0 Å². The predicted octanol–water partition coefficient (Wildman–Crippen LogP) is 2.21. The minimum Gasteiger partial charge on any atom is -0.463 e. The fourth-order valence-corrected chi connectivity index (χ4v) is 2.93. The van der Waals surface area contributed by atoms with Gasteiger partial charge in [-0.2, -0.15) is 11.3 Å². The lowest BCUT2D eigenvalue weighted by Gasteiger charge is -2.28. The quantitative estimate of drug-likeness (QED) is 0.571. The summed E-state index contributed by atoms with van der Waals surface area (Å²) in [6.45, 7) is 3.53. The van der Waals surface area contributed by atoms with Gasteiger partial charge in [-0.1, -0.05) is 6.92 Å². The molecule has 0 saturated heterocycles. The van der Waals surface area contributed by atoms with Crippen molar-refractivity contribution < 1.29 is 23.9 Å². The van der Waals surface area contributed by atoms with Gasteiger partial charge in [-0.3, -0.25) is 0 Å². The van der Waals surface area contributed by atoms with E-state index in [1.807, 2.05) is 23.8 Å². The Labute approximate surface area is 149 Å². The molecule has 0 spiro atoms. The number of nitrogens with one attached hydrogen (secondary N) is 2. The van der Waals surface area contributed by atoms with E-state index in [4.69, 9.17) is 9.47 Å². The number of rotatable bonds is 7. The lowest BCUT2D eigenvalue weighted by atomic mass is 10.0. The van der Waals surface area contributed by atoms with Crippen LogP contribution in [0.3, 0.4) is 0 Å². The van der Waals surface area contributed by atoms with Crippen molar-refractivity contribution in [2.75, 3.05) is 13.2 Å². The largest absolute Gasteiger partial charge is 0.463 e. The smallest absolute Gasteiger partial charge is 0.338 e. The molecule has 0 fully saturated rings. The van der Waals surface area contributed by atoms with E-state index in [9.17, 15) is 14.4 Å². The highest BCUT2D eigenvalue weighted by atomic mass is 32.1. The normalized spacial score (nSPS) is 17.2. The highest BCUT2D eigenvalue weighted by Gasteiger charge is 2.31. The molecule has 1 aliphatic rings. The topological polar surface area (TPSA) is 93.7 Å². The maximum atomic E-state index is 12.2. The van der Waals surface area contributed by atoms with Gasteiger partial charge in [0.25, 0.3) is 0 Å². The second-order valence-corrected chi connectivity index (χ2v) is 5.95. The number of urea groups is 1. The van der Waals surface area contributed by atoms with Gasteiger partial charge < -0.3 is 20.1 Å². The van der Waals surface area contributed by atoms with Crippen LogP contribution in [0.1, 0.15) is 25.8 Å². The first-order valence-electron chi connectivity index (χ1n) is 7.89. The molecule has 1 aliphatic heterocycles. The zero-order chi connectivity index (χ0) is 18.2. The van der Waals surface area contributed by atoms with Crippen LogP contribution in [0.15, 0.2) is 34.2 Å². The first kappa shape index (κ1) is 18.7. The molecule has 2 rings (SSSR count). The van der Waals surface area contributed by atoms with Crippen molar-refractivity contribution >= 4 is 35.4 Å². The number of thiophene rings is 1. The van der Waals surface area contributed by atoms with Crippen LogP contribution in [0.4, 0.5) is 4.79 Å². The number of amides is 2. The first-order chi connectivity index (χ1) is 12.0. The Morgan fingerprint density at radius 3 is 2.76 bits per heavy atom. The highest BCUT2D eigenvalue weighted by Crippen LogP contribution is 2.17. The molecule has 1 atom stereocenters. The van der Waals surface area contributed by atoms with Gasteiger partial charge >= 0.3 is 18.0 Å². The summed E-state index contributed by atoms with van der Waals surface area (Å²) in [5.74, 6) is -1.11. The maximum Gasteiger partial charge on any atom is 0.338 e. The average Bonchev–Trinajstić information content (AvgIpc) is 3.11. The lowest BCUT2D eigenvalue weighted by Crippen LogP contribution is -2.51. The summed E-state index contributed by atoms with van der Waals surface area (Å²) in [6, 6.07) is 0.942. The Balaban J connectivity index is 2.10. The van der Waals surface area contributed by atoms with Gasteiger partial charge in [0.1, 0.15) is 6.61 Å². The van der Waals surface area contributed by atoms with Crippen molar-refractivity contribution in [3.8, 4) is 0 Å². The Hall–Kier alpha value is -2.61. The molecule has 2 heterocycles. The second kappa shape index (κ2) is 9.03. The third-order valence-corrected chi connectivity index (χ3v) is 4.16. The summed E-state index contributed by atoms with van der Waals surface area (Å²) in [6.07, 6.45) is 3.44. The van der Waals surface area contributed by atoms with Gasteiger partial charge in [-0.05, 0) is 41.8 Å². The van der Waals surface area contributed by atoms with E-state index < -0.39 is 24.0 Å². The standard InChI is InChI=1S/C17H20N2O5S/c1-3-12-15(16(21)23-4-2)13(19-17(22)18-12)9-24-14(20)6-5-11-7-8-25-10-11/h5-8,10,12H,3-4,9H2,1-2H3,(H2,18,19,22)/b6-5+/t12-/m0/s1. The Kier molecular flexibility index (Phi) is 6.76. The number of esters is 2. The molecular formula is C17H20N2O5S. The molecule has 134 valence electrons. The van der Waals surface area contributed by atoms with Crippen LogP contribution in [-0.2, 0) is 19.1 Å². The summed E-state index contributed by atoms with van der Waals surface area (Å²) < 4.78 is 10.2. The van der Waals surface area contributed by atoms with E-state index in [1.165, 1.54) is 17.4 Å². The molecule has 0 bridgehead atoms. The molecule has 0 saturated carbocycles. The Morgan fingerprint density at radius 2 is 2.12 bits per heavy atom. The molecule has 2 amide bonds. The summed E-state index contributed by atoms with van der Waals surface area (Å²) in [7, 11) is 0. The SMILES string of the molecule is CCOC(=O)C1=C(COC(=O)/C=C/c2ccsc2)NC(=O)N[C@H]1CC. The fraction of sp³-hybridized carbons (Fsp3) is 0.353. The molecule has 1 aromatic heterocycles. The molecule has 7 nitrogen and oxygen atoms in total. The average molecular weight is 364 g/mol. The van der Waals surface area contributed by atoms with Crippen LogP contribution in [0.25, 0.3) is 6.08 Å². The molecule has 0 unspecified atom stereocenters. The minimum atomic E-state index is -0.567. The first-order valence-corrected chi connectivity index (χ1v) is 8.84. The van der Waals surface area contributed by atoms with E-state index in [0.29, 0.717) is 6.42 Å². The van der Waals surface area contributed by atoms with E-state index in [0.717, 1.165) is 5.56 Å². The zero-order valence-corrected chi connectivity index (χ0v) is 14.9. The van der Waals surface area contributed by atoms with Crippen LogP contribution in [0.2, 0.25) is 0 Å². The maximum absolute atomic E-state index is 12.2. The number of hydrogen-bond donors (Lipinski definition) is 2. The molecule has 8 heteroatoms. The second-order valence-electron chi connectivity index (χ2n) is 5.17. The molecule has 0 aromatic carbocycles. The molecular weight excluding hydrogens is 344 g/mol. The molecule has 0 aliphatic carbocycles. The van der Waals surface area contributed by atoms with Gasteiger partial charge in [0.05, 0.1) is 23.9 Å². The van der Waals surface area contributed by atoms with Gasteiger partial charge in [0.15, 0.2) is 0 Å². The minimum absolute atomic E-state index is 0.211. The Bertz CT molecular complexity index is 694. The van der Waals surface area contributed by atoms with Gasteiger partial charge in [0.2, 0.25) is 0 Å². The van der Waals surface area contributed by atoms with Crippen LogP contribution < -0.4 is 10.6 Å². The van der Waals surface area contributed by atoms with Gasteiger partial charge in [-0.15, -0.1) is 0 Å². The number of carbonyl (C=O) groups is 3. The molecule has 25 heavy (non-hydrogen) atoms. The van der Waals surface area contributed by atoms with Crippen molar-refractivity contribution in [1.29, 1.82) is 0 Å². The Morgan fingerprint density at radius 1 is 1.32 bits per heavy atom. The van der Waals surface area contributed by atoms with Crippen LogP contribution in [0, 0.1) is 0 Å². The fourth-order valence-electron chi connectivity index (χ4n) is 2.30. The van der Waals surface area contributed by atoms with Crippen LogP contribution in [-0.4, -0.2) is 37.2 Å². The summed E-state index contributed by atoms with van der Waals surface area (Å²) in [5, 5.41) is 8.97. The molecule has 0 radical (unpaired) electrons. The van der Waals surface area contributed by atoms with Gasteiger partial charge in [-0.25, -0.2) is 14.4 Å². The van der Waals surface area contributed by atoms with E-state index in [1.54, 1.807) is 13.0 Å². The monoisotopic (exact) mass is 364 g/mol. The van der Waals surface area contributed by atoms with Gasteiger partial charge in [0, 0.05) is 6.08 Å². The molecule has 2 N–H and O–H groups in total. The number of ether oxygens (including phenoxy) is 2. The van der Waals surface area contributed by atoms with Crippen LogP contribution >= 0.6 is 11.3 Å². The third kappa shape index (κ3) is 5.18. The lowest BCUT2D eigenvalue weighted by molar-refractivity contribution is -0.140. The summed E-state index contributed by atoms with van der Waals surface area (Å²) >= 11 is 1.52. The van der Waals surface area contributed by atoms with E-state index in [2.05, 4.69) is 10.6 Å². The van der Waals surface area contributed by atoms with Crippen molar-refractivity contribution in [3.63, 3.8) is 0 Å². The zero-order valence-electron chi connectivity index (χ0n) is 14.0. The summed E-state index contributed by atoms with van der Waals surface area (Å²) in [4.78, 5) is 35.8. The highest BCUT2D eigenvalue weighted by molar-refractivity contribution is 7.08. The van der Waals surface area contributed by atoms with E-state index >= 15 is 0 Å². The van der Waals surface area contributed by atoms with E-state index in [-0.39, 0.29) is 24.5 Å². The number of carbonyl (C=O) groups excluding carboxylic acids is 3.